The molecule has 7 nitrogen and oxygen atoms in total. The van der Waals surface area contributed by atoms with E-state index in [9.17, 15) is 20.2 Å². The zero-order chi connectivity index (χ0) is 18.3. The lowest BCUT2D eigenvalue weighted by molar-refractivity contribution is -0.383. The standard InChI is InChI=1S/C15H12BCl2N3O4/c1-8-19-14-12(6-11(17)13(18)15(14)21(24)25)20(8)7-9-3-2-4-10(5-9)16(22)23/h2-6,22-23H,7H2,1H3. The lowest BCUT2D eigenvalue weighted by Gasteiger charge is -2.09. The Bertz CT molecular complexity index is 991. The van der Waals surface area contributed by atoms with Crippen LogP contribution in [-0.2, 0) is 6.54 Å². The predicted octanol–water partition coefficient (Wildman–Crippen LogP) is 2.29. The number of nitro benzene ring substituents is 1. The maximum atomic E-state index is 11.3. The van der Waals surface area contributed by atoms with E-state index < -0.39 is 12.0 Å². The molecule has 0 unspecified atom stereocenters. The van der Waals surface area contributed by atoms with Crippen LogP contribution in [-0.4, -0.2) is 31.6 Å². The van der Waals surface area contributed by atoms with Crippen molar-refractivity contribution in [1.29, 1.82) is 0 Å². The Balaban J connectivity index is 2.16. The number of hydrogen-bond donors (Lipinski definition) is 2. The smallest absolute Gasteiger partial charge is 0.423 e. The van der Waals surface area contributed by atoms with Crippen LogP contribution in [0.15, 0.2) is 30.3 Å². The van der Waals surface area contributed by atoms with E-state index in [4.69, 9.17) is 23.2 Å². The summed E-state index contributed by atoms with van der Waals surface area (Å²) in [6.07, 6.45) is 0. The number of nitrogens with zero attached hydrogens (tertiary/aromatic N) is 3. The number of rotatable bonds is 4. The van der Waals surface area contributed by atoms with Crippen molar-refractivity contribution < 1.29 is 15.0 Å². The molecule has 0 spiro atoms. The monoisotopic (exact) mass is 379 g/mol. The van der Waals surface area contributed by atoms with Gasteiger partial charge in [-0.2, -0.15) is 0 Å². The second-order valence-corrected chi connectivity index (χ2v) is 6.29. The third-order valence-electron chi connectivity index (χ3n) is 3.88. The number of aryl methyl sites for hydroxylation is 1. The molecule has 0 aliphatic heterocycles. The molecule has 2 N–H and O–H groups in total. The first-order valence-corrected chi connectivity index (χ1v) is 7.99. The van der Waals surface area contributed by atoms with Crippen molar-refractivity contribution >= 4 is 52.5 Å². The number of nitro groups is 1. The Kier molecular flexibility index (Phi) is 4.70. The molecule has 3 aromatic rings. The Morgan fingerprint density at radius 3 is 2.68 bits per heavy atom. The summed E-state index contributed by atoms with van der Waals surface area (Å²) in [7, 11) is -1.57. The molecule has 128 valence electrons. The molecule has 1 aromatic heterocycles. The first kappa shape index (κ1) is 17.7. The predicted molar refractivity (Wildman–Crippen MR) is 96.5 cm³/mol. The second-order valence-electron chi connectivity index (χ2n) is 5.51. The van der Waals surface area contributed by atoms with Gasteiger partial charge in [0.05, 0.1) is 15.5 Å². The summed E-state index contributed by atoms with van der Waals surface area (Å²) in [5.74, 6) is 0.548. The van der Waals surface area contributed by atoms with Crippen molar-refractivity contribution in [3.8, 4) is 0 Å². The van der Waals surface area contributed by atoms with Crippen molar-refractivity contribution in [3.05, 3.63) is 61.9 Å². The zero-order valence-electron chi connectivity index (χ0n) is 13.0. The third kappa shape index (κ3) is 3.21. The molecule has 25 heavy (non-hydrogen) atoms. The highest BCUT2D eigenvalue weighted by atomic mass is 35.5. The first-order valence-electron chi connectivity index (χ1n) is 7.23. The van der Waals surface area contributed by atoms with Gasteiger partial charge in [-0.1, -0.05) is 47.5 Å². The molecule has 10 heteroatoms. The summed E-state index contributed by atoms with van der Waals surface area (Å²) in [4.78, 5) is 15.0. The van der Waals surface area contributed by atoms with Crippen LogP contribution in [0.1, 0.15) is 11.4 Å². The average molecular weight is 380 g/mol. The highest BCUT2D eigenvalue weighted by Gasteiger charge is 2.25. The van der Waals surface area contributed by atoms with Gasteiger partial charge in [-0.05, 0) is 24.0 Å². The van der Waals surface area contributed by atoms with Gasteiger partial charge in [0.25, 0.3) is 0 Å². The molecule has 0 saturated carbocycles. The summed E-state index contributed by atoms with van der Waals surface area (Å²) in [6.45, 7) is 2.05. The van der Waals surface area contributed by atoms with Crippen LogP contribution in [0, 0.1) is 17.0 Å². The fourth-order valence-electron chi connectivity index (χ4n) is 2.70. The van der Waals surface area contributed by atoms with Gasteiger partial charge in [-0.25, -0.2) is 4.98 Å². The molecule has 0 radical (unpaired) electrons. The number of aromatic nitrogens is 2. The summed E-state index contributed by atoms with van der Waals surface area (Å²) in [5, 5.41) is 29.9. The van der Waals surface area contributed by atoms with Gasteiger partial charge in [0, 0.05) is 6.54 Å². The van der Waals surface area contributed by atoms with Crippen LogP contribution < -0.4 is 5.46 Å². The number of imidazole rings is 1. The van der Waals surface area contributed by atoms with Gasteiger partial charge < -0.3 is 14.6 Å². The molecule has 0 fully saturated rings. The van der Waals surface area contributed by atoms with Gasteiger partial charge >= 0.3 is 12.8 Å². The van der Waals surface area contributed by atoms with E-state index in [1.165, 1.54) is 6.07 Å². The Labute approximate surface area is 152 Å². The third-order valence-corrected chi connectivity index (χ3v) is 4.65. The van der Waals surface area contributed by atoms with Gasteiger partial charge in [0.2, 0.25) is 0 Å². The zero-order valence-corrected chi connectivity index (χ0v) is 14.5. The van der Waals surface area contributed by atoms with E-state index in [-0.39, 0.29) is 21.2 Å². The molecular formula is C15H12BCl2N3O4. The lowest BCUT2D eigenvalue weighted by Crippen LogP contribution is -2.30. The van der Waals surface area contributed by atoms with Crippen molar-refractivity contribution in [3.63, 3.8) is 0 Å². The maximum Gasteiger partial charge on any atom is 0.488 e. The van der Waals surface area contributed by atoms with Crippen LogP contribution in [0.4, 0.5) is 5.69 Å². The molecule has 1 heterocycles. The van der Waals surface area contributed by atoms with Gasteiger partial charge in [0.15, 0.2) is 5.52 Å². The highest BCUT2D eigenvalue weighted by molar-refractivity contribution is 6.58. The molecule has 2 aromatic carbocycles. The summed E-state index contributed by atoms with van der Waals surface area (Å²) < 4.78 is 1.76. The minimum absolute atomic E-state index is 0.0709. The summed E-state index contributed by atoms with van der Waals surface area (Å²) in [5.41, 5.74) is 1.45. The maximum absolute atomic E-state index is 11.3. The molecule has 0 amide bonds. The van der Waals surface area contributed by atoms with E-state index in [2.05, 4.69) is 4.98 Å². The van der Waals surface area contributed by atoms with Gasteiger partial charge in [0.1, 0.15) is 10.8 Å². The van der Waals surface area contributed by atoms with E-state index in [1.807, 2.05) is 6.07 Å². The van der Waals surface area contributed by atoms with E-state index in [0.29, 0.717) is 23.3 Å². The molecule has 0 aliphatic rings. The van der Waals surface area contributed by atoms with E-state index in [1.54, 1.807) is 29.7 Å². The highest BCUT2D eigenvalue weighted by Crippen LogP contribution is 2.38. The van der Waals surface area contributed by atoms with E-state index in [0.717, 1.165) is 5.56 Å². The van der Waals surface area contributed by atoms with Crippen LogP contribution in [0.25, 0.3) is 11.0 Å². The van der Waals surface area contributed by atoms with E-state index >= 15 is 0 Å². The number of benzene rings is 2. The van der Waals surface area contributed by atoms with Crippen molar-refractivity contribution in [2.24, 2.45) is 0 Å². The largest absolute Gasteiger partial charge is 0.488 e. The molecule has 0 bridgehead atoms. The molecular weight excluding hydrogens is 368 g/mol. The van der Waals surface area contributed by atoms with Crippen LogP contribution in [0.2, 0.25) is 10.0 Å². The van der Waals surface area contributed by atoms with Crippen molar-refractivity contribution in [2.45, 2.75) is 13.5 Å². The van der Waals surface area contributed by atoms with Crippen LogP contribution in [0.3, 0.4) is 0 Å². The quantitative estimate of drug-likeness (QED) is 0.411. The molecule has 0 atom stereocenters. The molecule has 0 aliphatic carbocycles. The second kappa shape index (κ2) is 6.64. The number of halogens is 2. The fraction of sp³-hybridized carbons (Fsp3) is 0.133. The molecule has 3 rings (SSSR count). The fourth-order valence-corrected chi connectivity index (χ4v) is 3.11. The Morgan fingerprint density at radius 1 is 1.32 bits per heavy atom. The minimum Gasteiger partial charge on any atom is -0.423 e. The molecule has 0 saturated heterocycles. The Morgan fingerprint density at radius 2 is 2.04 bits per heavy atom. The van der Waals surface area contributed by atoms with Crippen molar-refractivity contribution in [2.75, 3.05) is 0 Å². The number of hydrogen-bond acceptors (Lipinski definition) is 5. The average Bonchev–Trinajstić information content (AvgIpc) is 2.84. The minimum atomic E-state index is -1.57. The van der Waals surface area contributed by atoms with Gasteiger partial charge in [-0.3, -0.25) is 10.1 Å². The van der Waals surface area contributed by atoms with Crippen molar-refractivity contribution in [1.82, 2.24) is 9.55 Å². The number of fused-ring (bicyclic) bond motifs is 1. The lowest BCUT2D eigenvalue weighted by atomic mass is 9.79. The Hall–Kier alpha value is -2.13. The normalized spacial score (nSPS) is 11.1. The first-order chi connectivity index (χ1) is 11.8. The summed E-state index contributed by atoms with van der Waals surface area (Å²) in [6, 6.07) is 8.28. The van der Waals surface area contributed by atoms with Crippen LogP contribution >= 0.6 is 23.2 Å². The summed E-state index contributed by atoms with van der Waals surface area (Å²) >= 11 is 12.0. The SMILES string of the molecule is Cc1nc2c([N+](=O)[O-])c(Cl)c(Cl)cc2n1Cc1cccc(B(O)O)c1. The topological polar surface area (TPSA) is 101 Å². The van der Waals surface area contributed by atoms with Crippen LogP contribution in [0.5, 0.6) is 0 Å². The van der Waals surface area contributed by atoms with Gasteiger partial charge in [-0.15, -0.1) is 0 Å².